The lowest BCUT2D eigenvalue weighted by Crippen LogP contribution is -2.78. The first-order chi connectivity index (χ1) is 15.1. The molecule has 2 heterocycles. The van der Waals surface area contributed by atoms with Crippen LogP contribution in [0.4, 0.5) is 0 Å². The Morgan fingerprint density at radius 1 is 1.25 bits per heavy atom. The fourth-order valence-electron chi connectivity index (χ4n) is 7.73. The summed E-state index contributed by atoms with van der Waals surface area (Å²) in [5, 5.41) is 21.9. The Morgan fingerprint density at radius 3 is 2.62 bits per heavy atom. The summed E-state index contributed by atoms with van der Waals surface area (Å²) in [7, 11) is 3.45. The van der Waals surface area contributed by atoms with E-state index in [9.17, 15) is 10.4 Å². The molecule has 1 saturated heterocycles. The summed E-state index contributed by atoms with van der Waals surface area (Å²) in [5.74, 6) is 1.40. The molecule has 0 aromatic heterocycles. The van der Waals surface area contributed by atoms with Crippen LogP contribution in [0, 0.1) is 22.8 Å². The molecule has 4 aliphatic carbocycles. The van der Waals surface area contributed by atoms with Crippen LogP contribution >= 0.6 is 0 Å². The fraction of sp³-hybridized carbons (Fsp3) is 0.654. The first-order valence-electron chi connectivity index (χ1n) is 11.6. The van der Waals surface area contributed by atoms with Crippen molar-refractivity contribution in [3.05, 3.63) is 34.4 Å². The Hall–Kier alpha value is -2.23. The monoisotopic (exact) mass is 436 g/mol. The Kier molecular flexibility index (Phi) is 3.70. The highest BCUT2D eigenvalue weighted by atomic mass is 16.6. The molecular weight excluding hydrogens is 404 g/mol. The number of methoxy groups -OCH3 is 2. The summed E-state index contributed by atoms with van der Waals surface area (Å²) in [6.07, 6.45) is 4.54. The van der Waals surface area contributed by atoms with Gasteiger partial charge in [0.15, 0.2) is 17.7 Å². The van der Waals surface area contributed by atoms with Gasteiger partial charge in [0.05, 0.1) is 24.2 Å². The molecule has 170 valence electrons. The molecule has 1 saturated carbocycles. The molecule has 6 atom stereocenters. The Balaban J connectivity index is 1.68. The molecule has 1 N–H and O–H groups in total. The maximum atomic E-state index is 12.0. The Morgan fingerprint density at radius 2 is 2.00 bits per heavy atom. The van der Waals surface area contributed by atoms with Crippen LogP contribution in [-0.4, -0.2) is 54.1 Å². The first kappa shape index (κ1) is 20.4. The van der Waals surface area contributed by atoms with Gasteiger partial charge in [-0.1, -0.05) is 32.4 Å². The van der Waals surface area contributed by atoms with Crippen LogP contribution in [0.5, 0.6) is 11.5 Å². The van der Waals surface area contributed by atoms with E-state index in [0.717, 1.165) is 30.8 Å². The number of nitriles is 1. The average molecular weight is 437 g/mol. The molecule has 4 unspecified atom stereocenters. The summed E-state index contributed by atoms with van der Waals surface area (Å²) in [5.41, 5.74) is 2.77. The minimum atomic E-state index is -1.00. The van der Waals surface area contributed by atoms with Crippen molar-refractivity contribution < 1.29 is 19.3 Å². The standard InChI is InChI=1S/C26H32N2O4/c1-23(2,3)24(4,29)21-15-12-26(21,31-6)22-25-9-10-28(13-27)16(19(15)25)11-14-7-8-17(30-5)20(32-22)18(14)25/h7-8,16,21-22,29H,9-12H2,1-6H3/t16?,21?,22?,24-,25?,26+/m0/s1. The second kappa shape index (κ2) is 5.81. The van der Waals surface area contributed by atoms with Crippen molar-refractivity contribution in [2.24, 2.45) is 11.3 Å². The van der Waals surface area contributed by atoms with E-state index in [1.807, 2.05) is 17.9 Å². The largest absolute Gasteiger partial charge is 0.493 e. The minimum Gasteiger partial charge on any atom is -0.493 e. The van der Waals surface area contributed by atoms with Gasteiger partial charge in [-0.2, -0.15) is 5.26 Å². The lowest BCUT2D eigenvalue weighted by molar-refractivity contribution is -0.243. The lowest BCUT2D eigenvalue weighted by Gasteiger charge is -2.70. The van der Waals surface area contributed by atoms with Crippen LogP contribution in [0.2, 0.25) is 0 Å². The molecule has 32 heavy (non-hydrogen) atoms. The molecule has 0 radical (unpaired) electrons. The molecule has 7 rings (SSSR count). The highest BCUT2D eigenvalue weighted by Gasteiger charge is 2.78. The van der Waals surface area contributed by atoms with E-state index in [0.29, 0.717) is 6.54 Å². The second-order valence-corrected chi connectivity index (χ2v) is 11.5. The number of rotatable bonds is 3. The number of aliphatic hydroxyl groups is 1. The van der Waals surface area contributed by atoms with Crippen molar-refractivity contribution in [2.45, 2.75) is 75.7 Å². The van der Waals surface area contributed by atoms with Crippen molar-refractivity contribution in [1.29, 1.82) is 5.26 Å². The van der Waals surface area contributed by atoms with Gasteiger partial charge in [-0.25, -0.2) is 0 Å². The molecule has 1 spiro atoms. The molecule has 6 aliphatic rings. The van der Waals surface area contributed by atoms with Crippen LogP contribution in [-0.2, 0) is 16.6 Å². The zero-order chi connectivity index (χ0) is 22.8. The summed E-state index contributed by atoms with van der Waals surface area (Å²) < 4.78 is 18.9. The van der Waals surface area contributed by atoms with E-state index in [-0.39, 0.29) is 28.9 Å². The molecule has 1 aromatic carbocycles. The summed E-state index contributed by atoms with van der Waals surface area (Å²) in [6, 6.07) is 4.14. The SMILES string of the molecule is COc1ccc2c3c1OC1C34CCN(C#N)C(C2)C4=C2C[C@@]1(OC)C2[C@](C)(O)C(C)(C)C. The van der Waals surface area contributed by atoms with Gasteiger partial charge >= 0.3 is 0 Å². The topological polar surface area (TPSA) is 75.0 Å². The van der Waals surface area contributed by atoms with Gasteiger partial charge in [-0.15, -0.1) is 0 Å². The van der Waals surface area contributed by atoms with Gasteiger partial charge in [-0.3, -0.25) is 0 Å². The van der Waals surface area contributed by atoms with Gasteiger partial charge < -0.3 is 24.2 Å². The quantitative estimate of drug-likeness (QED) is 0.579. The fourth-order valence-corrected chi connectivity index (χ4v) is 7.73. The summed E-state index contributed by atoms with van der Waals surface area (Å²) in [6.45, 7) is 8.90. The Labute approximate surface area is 189 Å². The molecule has 6 nitrogen and oxygen atoms in total. The minimum absolute atomic E-state index is 0.00937. The molecule has 0 amide bonds. The summed E-state index contributed by atoms with van der Waals surface area (Å²) in [4.78, 5) is 1.94. The third-order valence-electron chi connectivity index (χ3n) is 9.59. The molecule has 1 aromatic rings. The predicted octanol–water partition coefficient (Wildman–Crippen LogP) is 3.32. The average Bonchev–Trinajstić information content (AvgIpc) is 3.07. The third kappa shape index (κ3) is 1.92. The van der Waals surface area contributed by atoms with Crippen LogP contribution in [0.3, 0.4) is 0 Å². The van der Waals surface area contributed by atoms with Crippen molar-refractivity contribution >= 4 is 0 Å². The van der Waals surface area contributed by atoms with E-state index in [2.05, 4.69) is 33.0 Å². The number of piperidine rings is 1. The van der Waals surface area contributed by atoms with Crippen LogP contribution in [0.15, 0.2) is 23.3 Å². The molecule has 2 aliphatic heterocycles. The van der Waals surface area contributed by atoms with E-state index >= 15 is 0 Å². The predicted molar refractivity (Wildman–Crippen MR) is 118 cm³/mol. The van der Waals surface area contributed by atoms with Crippen molar-refractivity contribution in [2.75, 3.05) is 20.8 Å². The number of likely N-dealkylation sites (tertiary alicyclic amines) is 1. The van der Waals surface area contributed by atoms with E-state index in [1.165, 1.54) is 22.3 Å². The van der Waals surface area contributed by atoms with Crippen molar-refractivity contribution in [1.82, 2.24) is 4.90 Å². The smallest absolute Gasteiger partial charge is 0.179 e. The maximum Gasteiger partial charge on any atom is 0.179 e. The van der Waals surface area contributed by atoms with Gasteiger partial charge in [-0.05, 0) is 42.4 Å². The van der Waals surface area contributed by atoms with Crippen LogP contribution in [0.1, 0.15) is 51.7 Å². The van der Waals surface area contributed by atoms with Gasteiger partial charge in [0.1, 0.15) is 11.7 Å². The zero-order valence-corrected chi connectivity index (χ0v) is 19.8. The first-order valence-corrected chi connectivity index (χ1v) is 11.6. The van der Waals surface area contributed by atoms with E-state index in [4.69, 9.17) is 14.2 Å². The number of benzene rings is 1. The second-order valence-electron chi connectivity index (χ2n) is 11.5. The molecule has 6 heteroatoms. The normalized spacial score (nSPS) is 37.7. The van der Waals surface area contributed by atoms with Gasteiger partial charge in [0, 0.05) is 31.6 Å². The van der Waals surface area contributed by atoms with Crippen molar-refractivity contribution in [3.63, 3.8) is 0 Å². The van der Waals surface area contributed by atoms with Gasteiger partial charge in [0.25, 0.3) is 0 Å². The summed E-state index contributed by atoms with van der Waals surface area (Å²) >= 11 is 0. The zero-order valence-electron chi connectivity index (χ0n) is 19.8. The third-order valence-corrected chi connectivity index (χ3v) is 9.59. The van der Waals surface area contributed by atoms with Crippen LogP contribution < -0.4 is 9.47 Å². The number of nitrogens with zero attached hydrogens (tertiary/aromatic N) is 2. The van der Waals surface area contributed by atoms with Crippen molar-refractivity contribution in [3.8, 4) is 17.7 Å². The highest BCUT2D eigenvalue weighted by Crippen LogP contribution is 2.74. The maximum absolute atomic E-state index is 12.0. The number of ether oxygens (including phenoxy) is 3. The van der Waals surface area contributed by atoms with E-state index < -0.39 is 11.2 Å². The van der Waals surface area contributed by atoms with E-state index in [1.54, 1.807) is 14.2 Å². The molecular formula is C26H32N2O4. The number of hydrogen-bond donors (Lipinski definition) is 1. The van der Waals surface area contributed by atoms with Gasteiger partial charge in [0.2, 0.25) is 0 Å². The lowest BCUT2D eigenvalue weighted by atomic mass is 9.39. The van der Waals surface area contributed by atoms with Crippen LogP contribution in [0.25, 0.3) is 0 Å². The molecule has 4 bridgehead atoms. The Bertz CT molecular complexity index is 1110. The highest BCUT2D eigenvalue weighted by molar-refractivity contribution is 5.70. The number of hydrogen-bond acceptors (Lipinski definition) is 6. The molecule has 2 fully saturated rings.